The number of benzene rings is 1. The molecule has 4 heteroatoms. The molecular formula is C12H18BN3. The second kappa shape index (κ2) is 5.59. The van der Waals surface area contributed by atoms with Crippen LogP contribution in [-0.4, -0.2) is 20.4 Å². The molecule has 0 aliphatic carbocycles. The molecule has 0 amide bonds. The van der Waals surface area contributed by atoms with E-state index >= 15 is 0 Å². The maximum Gasteiger partial charge on any atom is 0.193 e. The quantitative estimate of drug-likeness (QED) is 0.452. The van der Waals surface area contributed by atoms with E-state index in [0.717, 1.165) is 29.7 Å². The Bertz CT molecular complexity index is 399. The Morgan fingerprint density at radius 2 is 2.12 bits per heavy atom. The zero-order valence-corrected chi connectivity index (χ0v) is 10.2. The van der Waals surface area contributed by atoms with E-state index in [1.165, 1.54) is 5.56 Å². The molecule has 0 spiro atoms. The lowest BCUT2D eigenvalue weighted by Crippen LogP contribution is -2.27. The molecule has 3 N–H and O–H groups in total. The summed E-state index contributed by atoms with van der Waals surface area (Å²) in [5.41, 5.74) is 9.53. The van der Waals surface area contributed by atoms with Crippen LogP contribution < -0.4 is 16.5 Å². The van der Waals surface area contributed by atoms with Crippen molar-refractivity contribution in [1.29, 1.82) is 0 Å². The molecule has 3 nitrogen and oxygen atoms in total. The van der Waals surface area contributed by atoms with E-state index < -0.39 is 0 Å². The maximum absolute atomic E-state index is 5.99. The van der Waals surface area contributed by atoms with Gasteiger partial charge < -0.3 is 11.1 Å². The molecule has 0 saturated heterocycles. The molecule has 0 bridgehead atoms. The minimum absolute atomic E-state index is 0.414. The zero-order chi connectivity index (χ0) is 12.1. The van der Waals surface area contributed by atoms with Crippen molar-refractivity contribution in [3.05, 3.63) is 23.3 Å². The number of anilines is 1. The molecule has 16 heavy (non-hydrogen) atoms. The topological polar surface area (TPSA) is 50.4 Å². The van der Waals surface area contributed by atoms with Crippen LogP contribution in [0.2, 0.25) is 0 Å². The Morgan fingerprint density at radius 1 is 1.44 bits per heavy atom. The summed E-state index contributed by atoms with van der Waals surface area (Å²) in [6.07, 6.45) is 0.977. The van der Waals surface area contributed by atoms with Gasteiger partial charge in [-0.05, 0) is 31.9 Å². The van der Waals surface area contributed by atoms with Crippen LogP contribution in [0.15, 0.2) is 17.1 Å². The molecule has 1 aromatic rings. The van der Waals surface area contributed by atoms with Gasteiger partial charge in [0.2, 0.25) is 0 Å². The first-order chi connectivity index (χ1) is 7.56. The molecule has 2 radical (unpaired) electrons. The number of rotatable bonds is 3. The zero-order valence-electron chi connectivity index (χ0n) is 10.2. The number of nitrogens with one attached hydrogen (secondary N) is 1. The number of aliphatic imine (C=N–C) groups is 1. The Morgan fingerprint density at radius 3 is 2.75 bits per heavy atom. The van der Waals surface area contributed by atoms with Gasteiger partial charge in [0.15, 0.2) is 5.96 Å². The first-order valence-electron chi connectivity index (χ1n) is 5.48. The summed E-state index contributed by atoms with van der Waals surface area (Å²) in [5.74, 6) is 0.414. The minimum Gasteiger partial charge on any atom is -0.370 e. The summed E-state index contributed by atoms with van der Waals surface area (Å²) >= 11 is 0. The van der Waals surface area contributed by atoms with E-state index in [9.17, 15) is 0 Å². The van der Waals surface area contributed by atoms with Crippen LogP contribution in [0.1, 0.15) is 24.5 Å². The number of nitrogens with two attached hydrogens (primary N) is 1. The number of guanidine groups is 1. The second-order valence-electron chi connectivity index (χ2n) is 3.86. The lowest BCUT2D eigenvalue weighted by molar-refractivity contribution is 0.929. The van der Waals surface area contributed by atoms with Gasteiger partial charge in [-0.3, -0.25) is 4.99 Å². The Hall–Kier alpha value is -1.45. The van der Waals surface area contributed by atoms with E-state index in [4.69, 9.17) is 13.6 Å². The van der Waals surface area contributed by atoms with Gasteiger partial charge in [-0.1, -0.05) is 24.0 Å². The monoisotopic (exact) mass is 215 g/mol. The summed E-state index contributed by atoms with van der Waals surface area (Å²) in [7, 11) is 5.99. The van der Waals surface area contributed by atoms with Crippen molar-refractivity contribution in [3.63, 3.8) is 0 Å². The predicted molar refractivity (Wildman–Crippen MR) is 71.7 cm³/mol. The molecule has 0 heterocycles. The average Bonchev–Trinajstić information content (AvgIpc) is 2.27. The van der Waals surface area contributed by atoms with Gasteiger partial charge in [-0.15, -0.1) is 0 Å². The predicted octanol–water partition coefficient (Wildman–Crippen LogP) is 1.23. The van der Waals surface area contributed by atoms with Crippen molar-refractivity contribution in [2.24, 2.45) is 10.7 Å². The number of nitrogens with zero attached hydrogens (tertiary/aromatic N) is 1. The molecule has 0 atom stereocenters. The highest BCUT2D eigenvalue weighted by atomic mass is 15.1. The highest BCUT2D eigenvalue weighted by molar-refractivity contribution is 6.37. The Labute approximate surface area is 98.6 Å². The van der Waals surface area contributed by atoms with E-state index in [-0.39, 0.29) is 0 Å². The minimum atomic E-state index is 0.414. The van der Waals surface area contributed by atoms with Gasteiger partial charge in [-0.25, -0.2) is 0 Å². The van der Waals surface area contributed by atoms with Crippen molar-refractivity contribution in [1.82, 2.24) is 0 Å². The van der Waals surface area contributed by atoms with E-state index in [2.05, 4.69) is 17.2 Å². The lowest BCUT2D eigenvalue weighted by atomic mass is 9.87. The fraction of sp³-hybridized carbons (Fsp3) is 0.417. The average molecular weight is 215 g/mol. The third kappa shape index (κ3) is 3.02. The van der Waals surface area contributed by atoms with Crippen LogP contribution in [0.25, 0.3) is 0 Å². The fourth-order valence-corrected chi connectivity index (χ4v) is 1.36. The van der Waals surface area contributed by atoms with Gasteiger partial charge in [0.25, 0.3) is 0 Å². The molecular weight excluding hydrogens is 197 g/mol. The summed E-state index contributed by atoms with van der Waals surface area (Å²) in [4.78, 5) is 4.16. The molecule has 0 aliphatic rings. The molecule has 0 aliphatic heterocycles. The summed E-state index contributed by atoms with van der Waals surface area (Å²) in [6, 6.07) is 3.94. The fourth-order valence-electron chi connectivity index (χ4n) is 1.36. The highest BCUT2D eigenvalue weighted by Gasteiger charge is 2.03. The molecule has 0 aromatic heterocycles. The van der Waals surface area contributed by atoms with Gasteiger partial charge in [0.05, 0.1) is 0 Å². The van der Waals surface area contributed by atoms with E-state index in [1.807, 2.05) is 26.0 Å². The van der Waals surface area contributed by atoms with E-state index in [1.54, 1.807) is 0 Å². The van der Waals surface area contributed by atoms with Gasteiger partial charge in [-0.2, -0.15) is 0 Å². The van der Waals surface area contributed by atoms with Gasteiger partial charge in [0, 0.05) is 12.2 Å². The Balaban J connectivity index is 2.86. The van der Waals surface area contributed by atoms with Crippen molar-refractivity contribution in [3.8, 4) is 0 Å². The van der Waals surface area contributed by atoms with Crippen molar-refractivity contribution < 1.29 is 0 Å². The first-order valence-corrected chi connectivity index (χ1v) is 5.48. The van der Waals surface area contributed by atoms with Crippen LogP contribution in [0, 0.1) is 13.8 Å². The molecule has 1 aromatic carbocycles. The first kappa shape index (κ1) is 12.6. The van der Waals surface area contributed by atoms with Crippen molar-refractivity contribution in [2.45, 2.75) is 27.2 Å². The second-order valence-corrected chi connectivity index (χ2v) is 3.86. The summed E-state index contributed by atoms with van der Waals surface area (Å²) in [6.45, 7) is 6.81. The van der Waals surface area contributed by atoms with Gasteiger partial charge >= 0.3 is 0 Å². The standard InChI is InChI=1S/C12H18BN3/c1-4-7-15-12(14)16-10-6-5-8(2)9(3)11(10)13/h5-6H,4,7H2,1-3H3,(H3,14,15,16). The molecule has 0 saturated carbocycles. The maximum atomic E-state index is 5.99. The van der Waals surface area contributed by atoms with Crippen LogP contribution >= 0.6 is 0 Å². The highest BCUT2D eigenvalue weighted by Crippen LogP contribution is 2.10. The molecule has 0 unspecified atom stereocenters. The molecule has 1 rings (SSSR count). The third-order valence-electron chi connectivity index (χ3n) is 2.55. The molecule has 0 fully saturated rings. The van der Waals surface area contributed by atoms with Crippen LogP contribution in [0.5, 0.6) is 0 Å². The normalized spacial score (nSPS) is 11.6. The smallest absolute Gasteiger partial charge is 0.193 e. The van der Waals surface area contributed by atoms with Crippen molar-refractivity contribution >= 4 is 25.0 Å². The van der Waals surface area contributed by atoms with Crippen molar-refractivity contribution in [2.75, 3.05) is 11.9 Å². The molecule has 84 valence electrons. The third-order valence-corrected chi connectivity index (χ3v) is 2.55. The largest absolute Gasteiger partial charge is 0.370 e. The van der Waals surface area contributed by atoms with Gasteiger partial charge in [0.1, 0.15) is 7.85 Å². The number of hydrogen-bond donors (Lipinski definition) is 2. The number of hydrogen-bond acceptors (Lipinski definition) is 1. The van der Waals surface area contributed by atoms with Crippen LogP contribution in [-0.2, 0) is 0 Å². The number of aryl methyl sites for hydroxylation is 1. The Kier molecular flexibility index (Phi) is 4.41. The van der Waals surface area contributed by atoms with E-state index in [0.29, 0.717) is 5.96 Å². The lowest BCUT2D eigenvalue weighted by Gasteiger charge is -2.13. The summed E-state index contributed by atoms with van der Waals surface area (Å²) in [5, 5.41) is 3.02. The van der Waals surface area contributed by atoms with Crippen LogP contribution in [0.3, 0.4) is 0 Å². The summed E-state index contributed by atoms with van der Waals surface area (Å²) < 4.78 is 0. The van der Waals surface area contributed by atoms with Crippen LogP contribution in [0.4, 0.5) is 5.69 Å². The SMILES string of the molecule is [B]c1c(NC(N)=NCCC)ccc(C)c1C.